The van der Waals surface area contributed by atoms with Crippen LogP contribution >= 0.6 is 22.6 Å². The molecule has 0 N–H and O–H groups in total. The van der Waals surface area contributed by atoms with Crippen LogP contribution in [0, 0.1) is 3.57 Å². The van der Waals surface area contributed by atoms with E-state index in [-0.39, 0.29) is 6.10 Å². The maximum atomic E-state index is 5.80. The third-order valence-corrected chi connectivity index (χ3v) is 4.46. The lowest BCUT2D eigenvalue weighted by atomic mass is 10.1. The number of hydrogen-bond donors (Lipinski definition) is 0. The van der Waals surface area contributed by atoms with Crippen LogP contribution in [0.25, 0.3) is 0 Å². The Balaban J connectivity index is 1.91. The molecule has 4 heteroatoms. The highest BCUT2D eigenvalue weighted by molar-refractivity contribution is 14.1. The van der Waals surface area contributed by atoms with Crippen molar-refractivity contribution in [1.29, 1.82) is 0 Å². The first kappa shape index (κ1) is 10.1. The predicted molar refractivity (Wildman–Crippen MR) is 65.8 cm³/mol. The van der Waals surface area contributed by atoms with E-state index in [1.807, 2.05) is 0 Å². The van der Waals surface area contributed by atoms with Crippen molar-refractivity contribution in [1.82, 2.24) is 9.78 Å². The average Bonchev–Trinajstić information content (AvgIpc) is 2.83. The van der Waals surface area contributed by atoms with Crippen molar-refractivity contribution >= 4 is 22.6 Å². The van der Waals surface area contributed by atoms with Crippen LogP contribution < -0.4 is 0 Å². The molecular weight excluding hydrogens is 303 g/mol. The van der Waals surface area contributed by atoms with Gasteiger partial charge in [0.2, 0.25) is 0 Å². The molecule has 3 nitrogen and oxygen atoms in total. The van der Waals surface area contributed by atoms with Crippen molar-refractivity contribution < 1.29 is 4.74 Å². The Labute approximate surface area is 103 Å². The highest BCUT2D eigenvalue weighted by Crippen LogP contribution is 2.33. The van der Waals surface area contributed by atoms with Gasteiger partial charge in [0.05, 0.1) is 9.26 Å². The largest absolute Gasteiger partial charge is 0.372 e. The minimum atomic E-state index is 0.267. The van der Waals surface area contributed by atoms with Crippen LogP contribution in [0.4, 0.5) is 0 Å². The molecule has 3 rings (SSSR count). The molecule has 2 aliphatic heterocycles. The molecule has 0 aliphatic carbocycles. The molecule has 0 bridgehead atoms. The molecule has 1 saturated heterocycles. The molecule has 1 atom stereocenters. The lowest BCUT2D eigenvalue weighted by molar-refractivity contribution is 0.0114. The Bertz CT molecular complexity index is 369. The van der Waals surface area contributed by atoms with Crippen LogP contribution in [0.15, 0.2) is 0 Å². The normalized spacial score (nSPS) is 25.5. The molecule has 0 radical (unpaired) electrons. The summed E-state index contributed by atoms with van der Waals surface area (Å²) in [6.07, 6.45) is 6.35. The van der Waals surface area contributed by atoms with Crippen LogP contribution in [0.5, 0.6) is 0 Å². The Morgan fingerprint density at radius 1 is 1.33 bits per heavy atom. The van der Waals surface area contributed by atoms with Crippen molar-refractivity contribution in [3.05, 3.63) is 15.0 Å². The van der Waals surface area contributed by atoms with Gasteiger partial charge in [-0.1, -0.05) is 0 Å². The topological polar surface area (TPSA) is 27.1 Å². The summed E-state index contributed by atoms with van der Waals surface area (Å²) in [5, 5.41) is 4.70. The molecule has 3 heterocycles. The Kier molecular flexibility index (Phi) is 2.72. The molecule has 1 aromatic heterocycles. The van der Waals surface area contributed by atoms with Gasteiger partial charge in [0, 0.05) is 13.2 Å². The standard InChI is InChI=1S/C11H15IN2O/c12-10-8-4-3-6-14(8)13-11(10)9-5-1-2-7-15-9/h9H,1-7H2. The number of hydrogen-bond acceptors (Lipinski definition) is 2. The molecule has 1 unspecified atom stereocenters. The molecule has 0 amide bonds. The van der Waals surface area contributed by atoms with Gasteiger partial charge in [-0.15, -0.1) is 0 Å². The minimum Gasteiger partial charge on any atom is -0.372 e. The number of rotatable bonds is 1. The monoisotopic (exact) mass is 318 g/mol. The van der Waals surface area contributed by atoms with Crippen molar-refractivity contribution in [3.8, 4) is 0 Å². The molecule has 82 valence electrons. The van der Waals surface area contributed by atoms with Crippen molar-refractivity contribution in [2.24, 2.45) is 0 Å². The van der Waals surface area contributed by atoms with Gasteiger partial charge in [-0.3, -0.25) is 4.68 Å². The number of nitrogens with zero attached hydrogens (tertiary/aromatic N) is 2. The molecular formula is C11H15IN2O. The fourth-order valence-corrected chi connectivity index (χ4v) is 3.48. The second kappa shape index (κ2) is 4.05. The first-order valence-corrected chi connectivity index (χ1v) is 6.81. The Morgan fingerprint density at radius 2 is 2.27 bits per heavy atom. The van der Waals surface area contributed by atoms with Gasteiger partial charge in [0.1, 0.15) is 11.8 Å². The van der Waals surface area contributed by atoms with E-state index in [4.69, 9.17) is 9.84 Å². The van der Waals surface area contributed by atoms with E-state index in [9.17, 15) is 0 Å². The summed E-state index contributed by atoms with van der Waals surface area (Å²) in [4.78, 5) is 0. The molecule has 2 aliphatic rings. The van der Waals surface area contributed by atoms with Crippen LogP contribution in [0.1, 0.15) is 43.2 Å². The van der Waals surface area contributed by atoms with Crippen LogP contribution in [0.2, 0.25) is 0 Å². The zero-order chi connectivity index (χ0) is 10.3. The maximum absolute atomic E-state index is 5.80. The summed E-state index contributed by atoms with van der Waals surface area (Å²) in [7, 11) is 0. The highest BCUT2D eigenvalue weighted by Gasteiger charge is 2.26. The second-order valence-electron chi connectivity index (χ2n) is 4.33. The zero-order valence-corrected chi connectivity index (χ0v) is 10.9. The number of halogens is 1. The van der Waals surface area contributed by atoms with Crippen LogP contribution in [-0.2, 0) is 17.7 Å². The minimum absolute atomic E-state index is 0.267. The van der Waals surface area contributed by atoms with Crippen molar-refractivity contribution in [3.63, 3.8) is 0 Å². The summed E-state index contributed by atoms with van der Waals surface area (Å²) >= 11 is 2.44. The number of aromatic nitrogens is 2. The van der Waals surface area contributed by atoms with E-state index in [1.165, 1.54) is 40.6 Å². The SMILES string of the molecule is Ic1c(C2CCCCO2)nn2c1CCC2. The fourth-order valence-electron chi connectivity index (χ4n) is 2.48. The lowest BCUT2D eigenvalue weighted by Gasteiger charge is -2.21. The van der Waals surface area contributed by atoms with E-state index in [2.05, 4.69) is 27.3 Å². The van der Waals surface area contributed by atoms with E-state index >= 15 is 0 Å². The zero-order valence-electron chi connectivity index (χ0n) is 8.71. The van der Waals surface area contributed by atoms with Gasteiger partial charge in [-0.25, -0.2) is 0 Å². The predicted octanol–water partition coefficient (Wildman–Crippen LogP) is 2.68. The van der Waals surface area contributed by atoms with Gasteiger partial charge in [-0.2, -0.15) is 5.10 Å². The lowest BCUT2D eigenvalue weighted by Crippen LogP contribution is -2.13. The molecule has 1 fully saturated rings. The average molecular weight is 318 g/mol. The van der Waals surface area contributed by atoms with Crippen molar-refractivity contribution in [2.75, 3.05) is 6.61 Å². The Hall–Kier alpha value is -0.100. The quantitative estimate of drug-likeness (QED) is 0.745. The van der Waals surface area contributed by atoms with Gasteiger partial charge < -0.3 is 4.74 Å². The van der Waals surface area contributed by atoms with E-state index < -0.39 is 0 Å². The van der Waals surface area contributed by atoms with Crippen LogP contribution in [-0.4, -0.2) is 16.4 Å². The third-order valence-electron chi connectivity index (χ3n) is 3.29. The molecule has 0 aromatic carbocycles. The number of ether oxygens (including phenoxy) is 1. The van der Waals surface area contributed by atoms with E-state index in [0.717, 1.165) is 19.6 Å². The highest BCUT2D eigenvalue weighted by atomic mass is 127. The van der Waals surface area contributed by atoms with Gasteiger partial charge in [0.15, 0.2) is 0 Å². The maximum Gasteiger partial charge on any atom is 0.105 e. The molecule has 0 spiro atoms. The summed E-state index contributed by atoms with van der Waals surface area (Å²) < 4.78 is 9.34. The number of aryl methyl sites for hydroxylation is 1. The van der Waals surface area contributed by atoms with Gasteiger partial charge >= 0.3 is 0 Å². The Morgan fingerprint density at radius 3 is 3.00 bits per heavy atom. The molecule has 0 saturated carbocycles. The van der Waals surface area contributed by atoms with Gasteiger partial charge in [0.25, 0.3) is 0 Å². The summed E-state index contributed by atoms with van der Waals surface area (Å²) in [5.41, 5.74) is 2.63. The molecule has 1 aromatic rings. The molecule has 15 heavy (non-hydrogen) atoms. The first-order chi connectivity index (χ1) is 7.36. The summed E-state index contributed by atoms with van der Waals surface area (Å²) in [5.74, 6) is 0. The van der Waals surface area contributed by atoms with E-state index in [0.29, 0.717) is 0 Å². The first-order valence-electron chi connectivity index (χ1n) is 5.73. The van der Waals surface area contributed by atoms with Crippen LogP contribution in [0.3, 0.4) is 0 Å². The third kappa shape index (κ3) is 1.71. The van der Waals surface area contributed by atoms with E-state index in [1.54, 1.807) is 0 Å². The fraction of sp³-hybridized carbons (Fsp3) is 0.727. The van der Waals surface area contributed by atoms with Crippen molar-refractivity contribution in [2.45, 2.75) is 44.8 Å². The summed E-state index contributed by atoms with van der Waals surface area (Å²) in [6.45, 7) is 2.00. The summed E-state index contributed by atoms with van der Waals surface area (Å²) in [6, 6.07) is 0. The second-order valence-corrected chi connectivity index (χ2v) is 5.41. The smallest absolute Gasteiger partial charge is 0.105 e. The number of fused-ring (bicyclic) bond motifs is 1. The van der Waals surface area contributed by atoms with Gasteiger partial charge in [-0.05, 0) is 54.7 Å².